The van der Waals surface area contributed by atoms with E-state index in [0.717, 1.165) is 17.2 Å². The number of anilines is 2. The minimum absolute atomic E-state index is 0.0172. The highest BCUT2D eigenvalue weighted by Gasteiger charge is 2.52. The number of aromatic nitrogens is 8. The molecule has 2 fully saturated rings. The molecule has 9 N–H and O–H groups in total. The Morgan fingerprint density at radius 2 is 1.76 bits per heavy atom. The van der Waals surface area contributed by atoms with Crippen molar-refractivity contribution in [3.63, 3.8) is 0 Å². The van der Waals surface area contributed by atoms with E-state index in [0.29, 0.717) is 0 Å². The van der Waals surface area contributed by atoms with E-state index in [9.17, 15) is 33.9 Å². The summed E-state index contributed by atoms with van der Waals surface area (Å²) in [5.41, 5.74) is 10.7. The number of alkyl halides is 1. The van der Waals surface area contributed by atoms with Gasteiger partial charge in [0.15, 0.2) is 41.3 Å². The number of halogens is 1. The molecule has 0 bridgehead atoms. The number of phosphoric ester groups is 1. The first-order valence-corrected chi connectivity index (χ1v) is 16.1. The van der Waals surface area contributed by atoms with E-state index in [-0.39, 0.29) is 34.1 Å². The van der Waals surface area contributed by atoms with Gasteiger partial charge >= 0.3 is 15.9 Å². The summed E-state index contributed by atoms with van der Waals surface area (Å²) >= 11 is 0. The number of nitrogens with two attached hydrogens (primary N) is 2. The Labute approximate surface area is 255 Å². The molecule has 2 aliphatic heterocycles. The molecule has 6 heterocycles. The molecule has 6 unspecified atom stereocenters. The molecule has 4 aromatic rings. The Bertz CT molecular complexity index is 1880. The predicted octanol–water partition coefficient (Wildman–Crippen LogP) is -1.81. The van der Waals surface area contributed by atoms with Crippen LogP contribution >= 0.6 is 15.9 Å². The van der Waals surface area contributed by atoms with Crippen LogP contribution in [0.1, 0.15) is 12.5 Å². The highest BCUT2D eigenvalue weighted by Crippen LogP contribution is 2.50. The summed E-state index contributed by atoms with van der Waals surface area (Å²) in [5.74, 6) is -0.250. The van der Waals surface area contributed by atoms with Gasteiger partial charge in [-0.1, -0.05) is 0 Å². The third-order valence-corrected chi connectivity index (χ3v) is 8.54. The lowest BCUT2D eigenvalue weighted by molar-refractivity contribution is -0.0648. The lowest BCUT2D eigenvalue weighted by Gasteiger charge is -2.22. The summed E-state index contributed by atoms with van der Waals surface area (Å²) in [6, 6.07) is 0. The number of nitrogen functional groups attached to an aromatic ring is 2. The average molecular weight is 691 g/mol. The van der Waals surface area contributed by atoms with Crippen LogP contribution in [-0.2, 0) is 32.4 Å². The topological polar surface area (TPSA) is 320 Å². The van der Waals surface area contributed by atoms with Crippen molar-refractivity contribution in [2.45, 2.75) is 49.1 Å². The first-order valence-electron chi connectivity index (χ1n) is 13.2. The van der Waals surface area contributed by atoms with Crippen molar-refractivity contribution in [3.8, 4) is 0 Å². The van der Waals surface area contributed by atoms with E-state index in [2.05, 4.69) is 29.9 Å². The number of fused-ring (bicyclic) bond motifs is 2. The monoisotopic (exact) mass is 691 g/mol. The number of hydrogen-bond acceptors (Lipinski definition) is 17. The number of hydrogen-bond donors (Lipinski definition) is 7. The molecule has 248 valence electrons. The van der Waals surface area contributed by atoms with Gasteiger partial charge in [-0.25, -0.2) is 28.9 Å². The summed E-state index contributed by atoms with van der Waals surface area (Å²) in [6.45, 7) is -1.66. The summed E-state index contributed by atoms with van der Waals surface area (Å²) < 4.78 is 69.1. The predicted molar refractivity (Wildman–Crippen MR) is 148 cm³/mol. The summed E-state index contributed by atoms with van der Waals surface area (Å²) in [7, 11) is -7.99. The fourth-order valence-electron chi connectivity index (χ4n) is 5.14. The molecule has 10 atom stereocenters. The zero-order chi connectivity index (χ0) is 32.9. The van der Waals surface area contributed by atoms with Crippen molar-refractivity contribution in [3.05, 3.63) is 29.3 Å². The number of imidazole rings is 2. The first-order chi connectivity index (χ1) is 21.9. The Morgan fingerprint density at radius 3 is 2.48 bits per heavy atom. The van der Waals surface area contributed by atoms with Gasteiger partial charge in [-0.2, -0.15) is 9.88 Å². The van der Waals surface area contributed by atoms with Crippen LogP contribution in [0.25, 0.3) is 22.3 Å². The van der Waals surface area contributed by atoms with Crippen LogP contribution < -0.4 is 17.0 Å². The van der Waals surface area contributed by atoms with Crippen molar-refractivity contribution < 1.29 is 56.8 Å². The Hall–Kier alpha value is -3.60. The minimum atomic E-state index is -5.16. The van der Waals surface area contributed by atoms with Crippen LogP contribution in [-0.4, -0.2) is 115 Å². The fourth-order valence-corrected chi connectivity index (χ4v) is 6.39. The molecule has 46 heavy (non-hydrogen) atoms. The van der Waals surface area contributed by atoms with E-state index in [4.69, 9.17) is 34.7 Å². The number of aromatic amines is 1. The van der Waals surface area contributed by atoms with Gasteiger partial charge in [0.1, 0.15) is 42.4 Å². The van der Waals surface area contributed by atoms with Crippen molar-refractivity contribution in [1.29, 1.82) is 0 Å². The maximum atomic E-state index is 15.7. The van der Waals surface area contributed by atoms with Gasteiger partial charge in [-0.05, 0) is 4.57 Å². The van der Waals surface area contributed by atoms with E-state index >= 15 is 4.39 Å². The lowest BCUT2D eigenvalue weighted by Crippen LogP contribution is -2.36. The van der Waals surface area contributed by atoms with Crippen molar-refractivity contribution in [2.75, 3.05) is 31.0 Å². The van der Waals surface area contributed by atoms with Crippen LogP contribution in [0.3, 0.4) is 0 Å². The largest absolute Gasteiger partial charge is 0.534 e. The molecule has 0 aromatic carbocycles. The van der Waals surface area contributed by atoms with E-state index in [1.807, 2.05) is 0 Å². The molecule has 0 saturated carbocycles. The van der Waals surface area contributed by atoms with Gasteiger partial charge in [0.05, 0.1) is 25.9 Å². The molecular formula is C21H26FN10O12P2+. The number of aliphatic hydroxyl groups excluding tert-OH is 2. The second kappa shape index (κ2) is 12.5. The third kappa shape index (κ3) is 5.98. The number of H-pyrrole nitrogens is 1. The third-order valence-electron chi connectivity index (χ3n) is 7.18. The standard InChI is InChI=1S/C21H25FN10O12P2/c22-9-13(7(1-33)42-19(9)31-4-27-10-15(23)25-3-26-16(10)31)44-46(38,39)41-2-8-12(34)14(40-6-45(36)37)20(43-8)32-5-28-11-17(32)29-21(24)30-18(11)35/h3-5,7-9,12-14,19-20,33-34H,1-2,6H2,(H6-,23,24,25,26,29,30,35,36,37,38,39)/p+1/t7-,8-,9?,12?,13?,14?,19-,20-/m1/s1. The first kappa shape index (κ1) is 32.3. The second-order valence-electron chi connectivity index (χ2n) is 10.1. The molecular weight excluding hydrogens is 665 g/mol. The minimum Gasteiger partial charge on any atom is -0.394 e. The van der Waals surface area contributed by atoms with Crippen molar-refractivity contribution >= 4 is 49.9 Å². The molecule has 0 aliphatic carbocycles. The maximum absolute atomic E-state index is 15.7. The normalized spacial score (nSPS) is 29.9. The van der Waals surface area contributed by atoms with Crippen LogP contribution in [0, 0.1) is 0 Å². The number of nitrogens with zero attached hydrogens (tertiary/aromatic N) is 7. The molecule has 2 saturated heterocycles. The smallest absolute Gasteiger partial charge is 0.394 e. The second-order valence-corrected chi connectivity index (χ2v) is 12.4. The highest BCUT2D eigenvalue weighted by molar-refractivity contribution is 7.47. The molecule has 22 nitrogen and oxygen atoms in total. The zero-order valence-electron chi connectivity index (χ0n) is 23.1. The lowest BCUT2D eigenvalue weighted by atomic mass is 10.1. The molecule has 6 rings (SSSR count). The van der Waals surface area contributed by atoms with Gasteiger partial charge in [0.2, 0.25) is 5.95 Å². The Morgan fingerprint density at radius 1 is 1.07 bits per heavy atom. The van der Waals surface area contributed by atoms with Gasteiger partial charge < -0.3 is 40.8 Å². The SMILES string of the molecule is Nc1nc2c(ncn2[C@@H]2O[C@H](COP(=O)(O)OC3C(F)[C@H](n4cnc5c(N)ncnc54)O[C@@H]3CO)C(O)C2OC[P+](=O)O)c(=O)[nH]1. The quantitative estimate of drug-likeness (QED) is 0.0852. The number of ether oxygens (including phenoxy) is 3. The van der Waals surface area contributed by atoms with Crippen LogP contribution in [0.2, 0.25) is 0 Å². The van der Waals surface area contributed by atoms with Crippen molar-refractivity contribution in [2.24, 2.45) is 0 Å². The highest BCUT2D eigenvalue weighted by atomic mass is 31.2. The molecule has 2 aliphatic rings. The zero-order valence-corrected chi connectivity index (χ0v) is 24.9. The molecule has 4 aromatic heterocycles. The summed E-state index contributed by atoms with van der Waals surface area (Å²) in [4.78, 5) is 54.1. The molecule has 0 radical (unpaired) electrons. The molecule has 0 amide bonds. The van der Waals surface area contributed by atoms with E-state index in [1.54, 1.807) is 0 Å². The molecule has 0 spiro atoms. The maximum Gasteiger partial charge on any atom is 0.534 e. The number of rotatable bonds is 11. The van der Waals surface area contributed by atoms with Gasteiger partial charge in [-0.15, -0.1) is 0 Å². The van der Waals surface area contributed by atoms with E-state index < -0.39 is 90.1 Å². The fraction of sp³-hybridized carbons (Fsp3) is 0.524. The summed E-state index contributed by atoms with van der Waals surface area (Å²) in [5, 5.41) is 20.8. The van der Waals surface area contributed by atoms with Gasteiger partial charge in [-0.3, -0.25) is 28.0 Å². The number of phosphoric acid groups is 1. The van der Waals surface area contributed by atoms with Crippen LogP contribution in [0.4, 0.5) is 16.2 Å². The van der Waals surface area contributed by atoms with Gasteiger partial charge in [0, 0.05) is 0 Å². The number of aliphatic hydroxyl groups is 2. The van der Waals surface area contributed by atoms with Crippen molar-refractivity contribution in [1.82, 2.24) is 39.0 Å². The molecule has 25 heteroatoms. The number of nitrogens with one attached hydrogen (secondary N) is 1. The van der Waals surface area contributed by atoms with Crippen LogP contribution in [0.5, 0.6) is 0 Å². The Kier molecular flexibility index (Phi) is 8.82. The van der Waals surface area contributed by atoms with Crippen LogP contribution in [0.15, 0.2) is 23.8 Å². The summed E-state index contributed by atoms with van der Waals surface area (Å²) in [6.07, 6.45) is -10.1. The average Bonchev–Trinajstić information content (AvgIpc) is 3.76. The van der Waals surface area contributed by atoms with E-state index in [1.165, 1.54) is 10.9 Å². The van der Waals surface area contributed by atoms with Gasteiger partial charge in [0.25, 0.3) is 11.9 Å². The Balaban J connectivity index is 1.18.